The van der Waals surface area contributed by atoms with Crippen molar-refractivity contribution in [2.24, 2.45) is 0 Å². The normalized spacial score (nSPS) is 18.7. The summed E-state index contributed by atoms with van der Waals surface area (Å²) in [7, 11) is -3.25. The number of hydrogen-bond acceptors (Lipinski definition) is 5. The van der Waals surface area contributed by atoms with E-state index in [0.29, 0.717) is 13.1 Å². The van der Waals surface area contributed by atoms with Gasteiger partial charge in [0, 0.05) is 38.4 Å². The zero-order valence-electron chi connectivity index (χ0n) is 12.9. The Kier molecular flexibility index (Phi) is 5.91. The molecule has 7 nitrogen and oxygen atoms in total. The summed E-state index contributed by atoms with van der Waals surface area (Å²) >= 11 is 0. The van der Waals surface area contributed by atoms with Crippen molar-refractivity contribution in [3.63, 3.8) is 0 Å². The molecule has 1 aromatic carbocycles. The van der Waals surface area contributed by atoms with E-state index < -0.39 is 16.1 Å². The third-order valence-corrected chi connectivity index (χ3v) is 4.20. The van der Waals surface area contributed by atoms with Crippen LogP contribution in [0.2, 0.25) is 0 Å². The third kappa shape index (κ3) is 5.77. The second-order valence-electron chi connectivity index (χ2n) is 5.39. The minimum Gasteiger partial charge on any atom is -0.368 e. The number of anilines is 1. The molecule has 1 aromatic rings. The molecule has 2 rings (SSSR count). The van der Waals surface area contributed by atoms with Crippen molar-refractivity contribution in [3.05, 3.63) is 30.1 Å². The number of nitrogens with zero attached hydrogens (tertiary/aromatic N) is 1. The molecule has 0 radical (unpaired) electrons. The first-order valence-corrected chi connectivity index (χ1v) is 9.20. The number of rotatable bonds is 6. The minimum absolute atomic E-state index is 0.152. The number of carbonyl (C=O) groups is 1. The van der Waals surface area contributed by atoms with Crippen molar-refractivity contribution in [3.8, 4) is 0 Å². The first-order chi connectivity index (χ1) is 10.8. The number of amides is 1. The average Bonchev–Trinajstić information content (AvgIpc) is 2.51. The molecule has 1 fully saturated rings. The maximum atomic E-state index is 13.0. The fourth-order valence-electron chi connectivity index (χ4n) is 2.36. The van der Waals surface area contributed by atoms with Gasteiger partial charge in [0.15, 0.2) is 0 Å². The molecule has 3 N–H and O–H groups in total. The molecule has 1 heterocycles. The predicted octanol–water partition coefficient (Wildman–Crippen LogP) is -0.731. The number of halogens is 1. The molecule has 0 aromatic heterocycles. The quantitative estimate of drug-likeness (QED) is 0.592. The van der Waals surface area contributed by atoms with Crippen LogP contribution in [0.25, 0.3) is 0 Å². The predicted molar refractivity (Wildman–Crippen MR) is 86.3 cm³/mol. The van der Waals surface area contributed by atoms with E-state index in [9.17, 15) is 17.6 Å². The maximum absolute atomic E-state index is 13.0. The van der Waals surface area contributed by atoms with Gasteiger partial charge in [0.05, 0.1) is 6.26 Å². The van der Waals surface area contributed by atoms with Gasteiger partial charge in [-0.15, -0.1) is 0 Å². The highest BCUT2D eigenvalue weighted by Gasteiger charge is 2.25. The van der Waals surface area contributed by atoms with E-state index in [4.69, 9.17) is 0 Å². The molecule has 128 valence electrons. The molecule has 0 spiro atoms. The summed E-state index contributed by atoms with van der Waals surface area (Å²) in [5.74, 6) is -0.483. The highest BCUT2D eigenvalue weighted by atomic mass is 32.2. The molecule has 1 saturated heterocycles. The molecular weight excluding hydrogens is 323 g/mol. The van der Waals surface area contributed by atoms with Crippen LogP contribution in [0.3, 0.4) is 0 Å². The Morgan fingerprint density at radius 2 is 2.04 bits per heavy atom. The van der Waals surface area contributed by atoms with Gasteiger partial charge in [-0.05, 0) is 24.3 Å². The van der Waals surface area contributed by atoms with Crippen LogP contribution in [0.1, 0.15) is 0 Å². The molecule has 1 aliphatic rings. The minimum atomic E-state index is -3.25. The Morgan fingerprint density at radius 3 is 2.70 bits per heavy atom. The van der Waals surface area contributed by atoms with Gasteiger partial charge in [-0.3, -0.25) is 4.79 Å². The van der Waals surface area contributed by atoms with Crippen molar-refractivity contribution in [2.45, 2.75) is 6.04 Å². The van der Waals surface area contributed by atoms with E-state index in [2.05, 4.69) is 15.4 Å². The second-order valence-corrected chi connectivity index (χ2v) is 7.22. The van der Waals surface area contributed by atoms with Gasteiger partial charge >= 0.3 is 0 Å². The highest BCUT2D eigenvalue weighted by Crippen LogP contribution is 2.16. The van der Waals surface area contributed by atoms with Crippen LogP contribution in [0.15, 0.2) is 24.3 Å². The molecular formula is C14H21FN4O3S. The van der Waals surface area contributed by atoms with E-state index in [1.807, 2.05) is 4.90 Å². The number of piperazine rings is 1. The molecule has 1 amide bonds. The SMILES string of the molecule is CS(=O)(=O)NCCNC(=O)[C@@H]1CN(c2ccc(F)cc2)CCN1. The Balaban J connectivity index is 1.83. The van der Waals surface area contributed by atoms with E-state index >= 15 is 0 Å². The van der Waals surface area contributed by atoms with Gasteiger partial charge in [-0.1, -0.05) is 0 Å². The number of benzene rings is 1. The fraction of sp³-hybridized carbons (Fsp3) is 0.500. The Labute approximate surface area is 135 Å². The summed E-state index contributed by atoms with van der Waals surface area (Å²) < 4.78 is 37.1. The lowest BCUT2D eigenvalue weighted by Crippen LogP contribution is -2.57. The number of hydrogen-bond donors (Lipinski definition) is 3. The smallest absolute Gasteiger partial charge is 0.239 e. The summed E-state index contributed by atoms with van der Waals surface area (Å²) in [5, 5.41) is 5.81. The topological polar surface area (TPSA) is 90.5 Å². The maximum Gasteiger partial charge on any atom is 0.239 e. The number of nitrogens with one attached hydrogen (secondary N) is 3. The highest BCUT2D eigenvalue weighted by molar-refractivity contribution is 7.88. The van der Waals surface area contributed by atoms with Crippen LogP contribution in [0.5, 0.6) is 0 Å². The van der Waals surface area contributed by atoms with Crippen LogP contribution >= 0.6 is 0 Å². The van der Waals surface area contributed by atoms with Crippen molar-refractivity contribution < 1.29 is 17.6 Å². The van der Waals surface area contributed by atoms with Gasteiger partial charge in [0.2, 0.25) is 15.9 Å². The van der Waals surface area contributed by atoms with Crippen molar-refractivity contribution in [1.29, 1.82) is 0 Å². The van der Waals surface area contributed by atoms with Crippen LogP contribution in [-0.2, 0) is 14.8 Å². The number of carbonyl (C=O) groups excluding carboxylic acids is 1. The van der Waals surface area contributed by atoms with Gasteiger partial charge in [0.25, 0.3) is 0 Å². The van der Waals surface area contributed by atoms with Gasteiger partial charge in [-0.2, -0.15) is 0 Å². The van der Waals surface area contributed by atoms with Crippen molar-refractivity contribution in [1.82, 2.24) is 15.4 Å². The van der Waals surface area contributed by atoms with Gasteiger partial charge < -0.3 is 15.5 Å². The number of sulfonamides is 1. The first kappa shape index (κ1) is 17.6. The van der Waals surface area contributed by atoms with Gasteiger partial charge in [0.1, 0.15) is 11.9 Å². The van der Waals surface area contributed by atoms with Crippen LogP contribution < -0.4 is 20.3 Å². The Bertz CT molecular complexity index is 636. The van der Waals surface area contributed by atoms with Gasteiger partial charge in [-0.25, -0.2) is 17.5 Å². The zero-order chi connectivity index (χ0) is 16.9. The summed E-state index contributed by atoms with van der Waals surface area (Å²) in [6.07, 6.45) is 1.07. The molecule has 0 aliphatic carbocycles. The lowest BCUT2D eigenvalue weighted by Gasteiger charge is -2.34. The van der Waals surface area contributed by atoms with Crippen molar-refractivity contribution in [2.75, 3.05) is 43.9 Å². The van der Waals surface area contributed by atoms with Crippen LogP contribution in [0.4, 0.5) is 10.1 Å². The lowest BCUT2D eigenvalue weighted by molar-refractivity contribution is -0.123. The fourth-order valence-corrected chi connectivity index (χ4v) is 2.83. The molecule has 0 unspecified atom stereocenters. The third-order valence-electron chi connectivity index (χ3n) is 3.47. The van der Waals surface area contributed by atoms with Crippen LogP contribution in [0, 0.1) is 5.82 Å². The molecule has 1 aliphatic heterocycles. The van der Waals surface area contributed by atoms with E-state index in [0.717, 1.165) is 18.5 Å². The molecule has 0 bridgehead atoms. The molecule has 1 atom stereocenters. The second kappa shape index (κ2) is 7.71. The van der Waals surface area contributed by atoms with Crippen LogP contribution in [-0.4, -0.2) is 59.3 Å². The van der Waals surface area contributed by atoms with Crippen molar-refractivity contribution >= 4 is 21.6 Å². The summed E-state index contributed by atoms with van der Waals surface area (Å²) in [5.41, 5.74) is 0.865. The molecule has 0 saturated carbocycles. The summed E-state index contributed by atoms with van der Waals surface area (Å²) in [6.45, 7) is 2.21. The molecule has 9 heteroatoms. The largest absolute Gasteiger partial charge is 0.368 e. The summed E-state index contributed by atoms with van der Waals surface area (Å²) in [4.78, 5) is 14.1. The Morgan fingerprint density at radius 1 is 1.35 bits per heavy atom. The van der Waals surface area contributed by atoms with E-state index in [-0.39, 0.29) is 24.8 Å². The summed E-state index contributed by atoms with van der Waals surface area (Å²) in [6, 6.07) is 5.76. The molecule has 23 heavy (non-hydrogen) atoms. The first-order valence-electron chi connectivity index (χ1n) is 7.31. The zero-order valence-corrected chi connectivity index (χ0v) is 13.7. The van der Waals surface area contributed by atoms with E-state index in [1.165, 1.54) is 12.1 Å². The van der Waals surface area contributed by atoms with E-state index in [1.54, 1.807) is 12.1 Å². The average molecular weight is 344 g/mol. The monoisotopic (exact) mass is 344 g/mol. The standard InChI is InChI=1S/C14H21FN4O3S/c1-23(21,22)18-7-6-17-14(20)13-10-19(9-8-16-13)12-4-2-11(15)3-5-12/h2-5,13,16,18H,6-10H2,1H3,(H,17,20)/t13-/m0/s1. The lowest BCUT2D eigenvalue weighted by atomic mass is 10.1. The Hall–Kier alpha value is -1.71.